The van der Waals surface area contributed by atoms with E-state index in [0.29, 0.717) is 6.54 Å². The molecule has 2 aromatic rings. The predicted molar refractivity (Wildman–Crippen MR) is 102 cm³/mol. The normalized spacial score (nSPS) is 13.5. The first-order valence-electron chi connectivity index (χ1n) is 8.62. The van der Waals surface area contributed by atoms with Crippen LogP contribution >= 0.6 is 11.8 Å². The van der Waals surface area contributed by atoms with Gasteiger partial charge in [0.25, 0.3) is 5.91 Å². The van der Waals surface area contributed by atoms with Crippen LogP contribution in [0, 0.1) is 0 Å². The SMILES string of the molecule is CCN1CCSc2ccc(C(=O)NCCCc3ccccc3)cc21. The zero-order valence-electron chi connectivity index (χ0n) is 14.1. The van der Waals surface area contributed by atoms with Gasteiger partial charge in [0.15, 0.2) is 0 Å². The molecule has 24 heavy (non-hydrogen) atoms. The van der Waals surface area contributed by atoms with Gasteiger partial charge in [0.1, 0.15) is 0 Å². The fourth-order valence-electron chi connectivity index (χ4n) is 2.98. The fourth-order valence-corrected chi connectivity index (χ4v) is 4.02. The molecule has 1 N–H and O–H groups in total. The second kappa shape index (κ2) is 8.25. The summed E-state index contributed by atoms with van der Waals surface area (Å²) in [7, 11) is 0. The Kier molecular flexibility index (Phi) is 5.81. The lowest BCUT2D eigenvalue weighted by atomic mass is 10.1. The molecule has 1 aliphatic heterocycles. The molecule has 0 saturated heterocycles. The van der Waals surface area contributed by atoms with Crippen molar-refractivity contribution in [1.82, 2.24) is 5.32 Å². The maximum atomic E-state index is 12.4. The van der Waals surface area contributed by atoms with Gasteiger partial charge >= 0.3 is 0 Å². The van der Waals surface area contributed by atoms with Crippen molar-refractivity contribution < 1.29 is 4.79 Å². The summed E-state index contributed by atoms with van der Waals surface area (Å²) in [5, 5.41) is 3.04. The van der Waals surface area contributed by atoms with E-state index in [1.165, 1.54) is 16.1 Å². The number of thioether (sulfide) groups is 1. The molecule has 0 saturated carbocycles. The molecule has 126 valence electrons. The Morgan fingerprint density at radius 1 is 1.21 bits per heavy atom. The van der Waals surface area contributed by atoms with Gasteiger partial charge in [-0.2, -0.15) is 0 Å². The van der Waals surface area contributed by atoms with E-state index in [9.17, 15) is 4.79 Å². The molecule has 1 heterocycles. The molecule has 0 spiro atoms. The first kappa shape index (κ1) is 16.9. The number of hydrogen-bond donors (Lipinski definition) is 1. The number of benzene rings is 2. The lowest BCUT2D eigenvalue weighted by molar-refractivity contribution is 0.0953. The van der Waals surface area contributed by atoms with Crippen molar-refractivity contribution in [2.75, 3.05) is 30.3 Å². The number of aryl methyl sites for hydroxylation is 1. The lowest BCUT2D eigenvalue weighted by Crippen LogP contribution is -2.30. The number of nitrogens with one attached hydrogen (secondary N) is 1. The van der Waals surface area contributed by atoms with Crippen LogP contribution in [0.4, 0.5) is 5.69 Å². The molecule has 0 fully saturated rings. The molecule has 0 atom stereocenters. The molecule has 0 aromatic heterocycles. The van der Waals surface area contributed by atoms with Crippen molar-refractivity contribution in [3.05, 3.63) is 59.7 Å². The Morgan fingerprint density at radius 3 is 2.83 bits per heavy atom. The largest absolute Gasteiger partial charge is 0.370 e. The van der Waals surface area contributed by atoms with Crippen molar-refractivity contribution >= 4 is 23.4 Å². The predicted octanol–water partition coefficient (Wildman–Crippen LogP) is 3.98. The number of hydrogen-bond acceptors (Lipinski definition) is 3. The van der Waals surface area contributed by atoms with E-state index in [0.717, 1.165) is 37.2 Å². The molecule has 2 aromatic carbocycles. The Morgan fingerprint density at radius 2 is 2.04 bits per heavy atom. The molecule has 0 aliphatic carbocycles. The fraction of sp³-hybridized carbons (Fsp3) is 0.350. The highest BCUT2D eigenvalue weighted by Crippen LogP contribution is 2.35. The molecule has 1 amide bonds. The molecule has 4 heteroatoms. The van der Waals surface area contributed by atoms with Gasteiger partial charge in [-0.15, -0.1) is 11.8 Å². The van der Waals surface area contributed by atoms with Crippen LogP contribution in [0.5, 0.6) is 0 Å². The van der Waals surface area contributed by atoms with Crippen molar-refractivity contribution in [1.29, 1.82) is 0 Å². The molecule has 1 aliphatic rings. The highest BCUT2D eigenvalue weighted by molar-refractivity contribution is 7.99. The standard InChI is InChI=1S/C20H24N2OS/c1-2-22-13-14-24-19-11-10-17(15-18(19)22)20(23)21-12-6-9-16-7-4-3-5-8-16/h3-5,7-8,10-11,15H,2,6,9,12-14H2,1H3,(H,21,23). The van der Waals surface area contributed by atoms with Crippen LogP contribution in [-0.4, -0.2) is 31.3 Å². The minimum Gasteiger partial charge on any atom is -0.370 e. The zero-order valence-corrected chi connectivity index (χ0v) is 14.9. The lowest BCUT2D eigenvalue weighted by Gasteiger charge is -2.30. The highest BCUT2D eigenvalue weighted by atomic mass is 32.2. The van der Waals surface area contributed by atoms with E-state index in [2.05, 4.69) is 47.5 Å². The first-order chi connectivity index (χ1) is 11.8. The minimum atomic E-state index is 0.0255. The first-order valence-corrected chi connectivity index (χ1v) is 9.60. The molecule has 3 rings (SSSR count). The van der Waals surface area contributed by atoms with Crippen molar-refractivity contribution in [2.24, 2.45) is 0 Å². The van der Waals surface area contributed by atoms with Gasteiger partial charge in [0.05, 0.1) is 5.69 Å². The topological polar surface area (TPSA) is 32.3 Å². The summed E-state index contributed by atoms with van der Waals surface area (Å²) >= 11 is 1.87. The van der Waals surface area contributed by atoms with E-state index in [1.807, 2.05) is 30.0 Å². The number of carbonyl (C=O) groups excluding carboxylic acids is 1. The summed E-state index contributed by atoms with van der Waals surface area (Å²) in [5.41, 5.74) is 3.27. The van der Waals surface area contributed by atoms with E-state index < -0.39 is 0 Å². The summed E-state index contributed by atoms with van der Waals surface area (Å²) in [5.74, 6) is 1.14. The molecule has 0 unspecified atom stereocenters. The number of fused-ring (bicyclic) bond motifs is 1. The van der Waals surface area contributed by atoms with Crippen molar-refractivity contribution in [2.45, 2.75) is 24.7 Å². The van der Waals surface area contributed by atoms with Gasteiger partial charge in [-0.1, -0.05) is 30.3 Å². The summed E-state index contributed by atoms with van der Waals surface area (Å²) < 4.78 is 0. The van der Waals surface area contributed by atoms with Crippen LogP contribution in [0.25, 0.3) is 0 Å². The number of anilines is 1. The summed E-state index contributed by atoms with van der Waals surface area (Å²) in [4.78, 5) is 16.0. The van der Waals surface area contributed by atoms with Gasteiger partial charge < -0.3 is 10.2 Å². The van der Waals surface area contributed by atoms with Gasteiger partial charge in [0, 0.05) is 35.8 Å². The Bertz CT molecular complexity index is 687. The van der Waals surface area contributed by atoms with Crippen LogP contribution in [-0.2, 0) is 6.42 Å². The third-order valence-corrected chi connectivity index (χ3v) is 5.38. The van der Waals surface area contributed by atoms with Gasteiger partial charge in [0.2, 0.25) is 0 Å². The van der Waals surface area contributed by atoms with Crippen molar-refractivity contribution in [3.8, 4) is 0 Å². The molecule has 3 nitrogen and oxygen atoms in total. The maximum Gasteiger partial charge on any atom is 0.251 e. The average Bonchev–Trinajstić information content (AvgIpc) is 2.65. The molecular weight excluding hydrogens is 316 g/mol. The average molecular weight is 340 g/mol. The Balaban J connectivity index is 1.55. The van der Waals surface area contributed by atoms with Crippen LogP contribution in [0.3, 0.4) is 0 Å². The summed E-state index contributed by atoms with van der Waals surface area (Å²) in [6.45, 7) is 4.90. The minimum absolute atomic E-state index is 0.0255. The zero-order chi connectivity index (χ0) is 16.8. The molecule has 0 bridgehead atoms. The van der Waals surface area contributed by atoms with Crippen LogP contribution < -0.4 is 10.2 Å². The smallest absolute Gasteiger partial charge is 0.251 e. The van der Waals surface area contributed by atoms with Crippen LogP contribution in [0.1, 0.15) is 29.3 Å². The quantitative estimate of drug-likeness (QED) is 0.807. The number of carbonyl (C=O) groups is 1. The van der Waals surface area contributed by atoms with Crippen LogP contribution in [0.2, 0.25) is 0 Å². The summed E-state index contributed by atoms with van der Waals surface area (Å²) in [6, 6.07) is 16.5. The number of nitrogens with zero attached hydrogens (tertiary/aromatic N) is 1. The number of rotatable bonds is 6. The van der Waals surface area contributed by atoms with Crippen molar-refractivity contribution in [3.63, 3.8) is 0 Å². The highest BCUT2D eigenvalue weighted by Gasteiger charge is 2.18. The number of amides is 1. The summed E-state index contributed by atoms with van der Waals surface area (Å²) in [6.07, 6.45) is 1.95. The molecule has 0 radical (unpaired) electrons. The third-order valence-electron chi connectivity index (χ3n) is 4.33. The second-order valence-corrected chi connectivity index (χ2v) is 7.09. The van der Waals surface area contributed by atoms with Gasteiger partial charge in [-0.05, 0) is 43.5 Å². The van der Waals surface area contributed by atoms with Crippen LogP contribution in [0.15, 0.2) is 53.4 Å². The third kappa shape index (κ3) is 4.12. The van der Waals surface area contributed by atoms with Gasteiger partial charge in [-0.3, -0.25) is 4.79 Å². The maximum absolute atomic E-state index is 12.4. The Hall–Kier alpha value is -1.94. The monoisotopic (exact) mass is 340 g/mol. The van der Waals surface area contributed by atoms with E-state index in [1.54, 1.807) is 0 Å². The second-order valence-electron chi connectivity index (χ2n) is 5.96. The Labute approximate surface area is 148 Å². The van der Waals surface area contributed by atoms with E-state index in [4.69, 9.17) is 0 Å². The van der Waals surface area contributed by atoms with E-state index in [-0.39, 0.29) is 5.91 Å². The van der Waals surface area contributed by atoms with E-state index >= 15 is 0 Å². The molecular formula is C20H24N2OS. The van der Waals surface area contributed by atoms with Gasteiger partial charge in [-0.25, -0.2) is 0 Å².